The van der Waals surface area contributed by atoms with Crippen molar-refractivity contribution in [2.75, 3.05) is 70.2 Å². The van der Waals surface area contributed by atoms with Gasteiger partial charge in [-0.1, -0.05) is 0 Å². The van der Waals surface area contributed by atoms with Gasteiger partial charge in [0.2, 0.25) is 0 Å². The van der Waals surface area contributed by atoms with E-state index in [0.29, 0.717) is 6.04 Å². The molecule has 0 aromatic carbocycles. The minimum Gasteiger partial charge on any atom is -0.363 e. The Bertz CT molecular complexity index is 449. The van der Waals surface area contributed by atoms with Crippen LogP contribution in [0.4, 0.5) is 11.6 Å². The van der Waals surface area contributed by atoms with Gasteiger partial charge in [0.25, 0.3) is 0 Å². The van der Waals surface area contributed by atoms with Gasteiger partial charge in [-0.15, -0.1) is 0 Å². The number of piperazine rings is 1. The molecule has 0 spiro atoms. The van der Waals surface area contributed by atoms with Gasteiger partial charge in [-0.25, -0.2) is 9.97 Å². The first-order valence-corrected chi connectivity index (χ1v) is 7.30. The molecule has 3 rings (SSSR count). The van der Waals surface area contributed by atoms with Gasteiger partial charge in [-0.05, 0) is 7.05 Å². The Labute approximate surface area is 121 Å². The molecule has 0 atom stereocenters. The summed E-state index contributed by atoms with van der Waals surface area (Å²) < 4.78 is 0. The van der Waals surface area contributed by atoms with E-state index in [2.05, 4.69) is 37.8 Å². The van der Waals surface area contributed by atoms with Crippen molar-refractivity contribution in [2.45, 2.75) is 6.04 Å². The van der Waals surface area contributed by atoms with Crippen LogP contribution in [-0.2, 0) is 0 Å². The Morgan fingerprint density at radius 2 is 1.80 bits per heavy atom. The van der Waals surface area contributed by atoms with Crippen molar-refractivity contribution in [3.63, 3.8) is 0 Å². The maximum Gasteiger partial charge on any atom is 0.134 e. The van der Waals surface area contributed by atoms with E-state index in [4.69, 9.17) is 0 Å². The largest absolute Gasteiger partial charge is 0.363 e. The van der Waals surface area contributed by atoms with Crippen LogP contribution in [0.2, 0.25) is 0 Å². The van der Waals surface area contributed by atoms with E-state index >= 15 is 0 Å². The van der Waals surface area contributed by atoms with Gasteiger partial charge in [0.05, 0.1) is 0 Å². The van der Waals surface area contributed by atoms with Gasteiger partial charge < -0.3 is 14.7 Å². The van der Waals surface area contributed by atoms with Crippen molar-refractivity contribution in [2.24, 2.45) is 0 Å². The molecule has 3 heterocycles. The van der Waals surface area contributed by atoms with Crippen molar-refractivity contribution < 1.29 is 0 Å². The standard InChI is InChI=1S/C14H24N6/c1-17(2)13-8-14(16-11-15-13)20-9-12(10-20)19-6-4-18(3)5-7-19/h8,11-12H,4-7,9-10H2,1-3H3. The number of hydrogen-bond donors (Lipinski definition) is 0. The molecular formula is C14H24N6. The van der Waals surface area contributed by atoms with Crippen LogP contribution >= 0.6 is 0 Å². The molecule has 2 aliphatic rings. The Hall–Kier alpha value is -1.40. The predicted molar refractivity (Wildman–Crippen MR) is 81.4 cm³/mol. The summed E-state index contributed by atoms with van der Waals surface area (Å²) in [6, 6.07) is 2.77. The normalized spacial score (nSPS) is 21.9. The van der Waals surface area contributed by atoms with Crippen molar-refractivity contribution >= 4 is 11.6 Å². The van der Waals surface area contributed by atoms with E-state index in [9.17, 15) is 0 Å². The number of hydrogen-bond acceptors (Lipinski definition) is 6. The highest BCUT2D eigenvalue weighted by atomic mass is 15.4. The lowest BCUT2D eigenvalue weighted by molar-refractivity contribution is 0.0960. The smallest absolute Gasteiger partial charge is 0.134 e. The van der Waals surface area contributed by atoms with Crippen molar-refractivity contribution in [3.05, 3.63) is 12.4 Å². The zero-order valence-corrected chi connectivity index (χ0v) is 12.7. The Kier molecular flexibility index (Phi) is 3.76. The minimum atomic E-state index is 0.696. The zero-order valence-electron chi connectivity index (χ0n) is 12.7. The van der Waals surface area contributed by atoms with Gasteiger partial charge in [-0.2, -0.15) is 0 Å². The van der Waals surface area contributed by atoms with Gasteiger partial charge in [-0.3, -0.25) is 4.90 Å². The van der Waals surface area contributed by atoms with Gasteiger partial charge in [0, 0.05) is 65.5 Å². The Balaban J connectivity index is 1.56. The molecule has 6 heteroatoms. The molecule has 2 fully saturated rings. The molecule has 110 valence electrons. The summed E-state index contributed by atoms with van der Waals surface area (Å²) in [6.07, 6.45) is 1.66. The molecular weight excluding hydrogens is 252 g/mol. The maximum atomic E-state index is 4.40. The SMILES string of the molecule is CN1CCN(C2CN(c3cc(N(C)C)ncn3)C2)CC1. The molecule has 0 unspecified atom stereocenters. The predicted octanol–water partition coefficient (Wildman–Crippen LogP) is -0.0214. The van der Waals surface area contributed by atoms with Crippen LogP contribution in [-0.4, -0.2) is 86.2 Å². The fraction of sp³-hybridized carbons (Fsp3) is 0.714. The second-order valence-electron chi connectivity index (χ2n) is 6.03. The van der Waals surface area contributed by atoms with Crippen LogP contribution in [0.3, 0.4) is 0 Å². The number of aromatic nitrogens is 2. The third-order valence-corrected chi connectivity index (χ3v) is 4.34. The molecule has 0 bridgehead atoms. The second-order valence-corrected chi connectivity index (χ2v) is 6.03. The van der Waals surface area contributed by atoms with Crippen molar-refractivity contribution in [1.82, 2.24) is 19.8 Å². The van der Waals surface area contributed by atoms with Gasteiger partial charge in [0.15, 0.2) is 0 Å². The molecule has 1 aromatic rings. The molecule has 6 nitrogen and oxygen atoms in total. The summed E-state index contributed by atoms with van der Waals surface area (Å²) in [5.74, 6) is 2.02. The quantitative estimate of drug-likeness (QED) is 0.772. The highest BCUT2D eigenvalue weighted by Crippen LogP contribution is 2.24. The van der Waals surface area contributed by atoms with Crippen LogP contribution < -0.4 is 9.80 Å². The average molecular weight is 276 g/mol. The Morgan fingerprint density at radius 3 is 2.45 bits per heavy atom. The molecule has 0 saturated carbocycles. The van der Waals surface area contributed by atoms with Gasteiger partial charge >= 0.3 is 0 Å². The minimum absolute atomic E-state index is 0.696. The fourth-order valence-corrected chi connectivity index (χ4v) is 2.82. The fourth-order valence-electron chi connectivity index (χ4n) is 2.82. The molecule has 0 N–H and O–H groups in total. The summed E-state index contributed by atoms with van der Waals surface area (Å²) in [7, 11) is 6.22. The van der Waals surface area contributed by atoms with Crippen LogP contribution in [0.15, 0.2) is 12.4 Å². The highest BCUT2D eigenvalue weighted by molar-refractivity contribution is 5.51. The number of likely N-dealkylation sites (N-methyl/N-ethyl adjacent to an activating group) is 1. The lowest BCUT2D eigenvalue weighted by Crippen LogP contribution is -2.63. The van der Waals surface area contributed by atoms with E-state index in [-0.39, 0.29) is 0 Å². The van der Waals surface area contributed by atoms with E-state index < -0.39 is 0 Å². The lowest BCUT2D eigenvalue weighted by atomic mass is 10.1. The number of anilines is 2. The molecule has 0 aliphatic carbocycles. The van der Waals surface area contributed by atoms with E-state index in [1.807, 2.05) is 19.0 Å². The summed E-state index contributed by atoms with van der Waals surface area (Å²) in [5, 5.41) is 0. The topological polar surface area (TPSA) is 38.7 Å². The summed E-state index contributed by atoms with van der Waals surface area (Å²) in [4.78, 5) is 18.0. The van der Waals surface area contributed by atoms with Crippen molar-refractivity contribution in [3.8, 4) is 0 Å². The molecule has 20 heavy (non-hydrogen) atoms. The third-order valence-electron chi connectivity index (χ3n) is 4.34. The first-order chi connectivity index (χ1) is 9.63. The third kappa shape index (κ3) is 2.71. The highest BCUT2D eigenvalue weighted by Gasteiger charge is 2.33. The van der Waals surface area contributed by atoms with Crippen molar-refractivity contribution in [1.29, 1.82) is 0 Å². The maximum absolute atomic E-state index is 4.40. The van der Waals surface area contributed by atoms with E-state index in [1.54, 1.807) is 6.33 Å². The summed E-state index contributed by atoms with van der Waals surface area (Å²) in [5.41, 5.74) is 0. The van der Waals surface area contributed by atoms with E-state index in [1.165, 1.54) is 26.2 Å². The van der Waals surface area contributed by atoms with Crippen LogP contribution in [0.1, 0.15) is 0 Å². The molecule has 1 aromatic heterocycles. The number of nitrogens with zero attached hydrogens (tertiary/aromatic N) is 6. The van der Waals surface area contributed by atoms with Crippen LogP contribution in [0, 0.1) is 0 Å². The molecule has 0 amide bonds. The second kappa shape index (κ2) is 5.54. The first kappa shape index (κ1) is 13.6. The van der Waals surface area contributed by atoms with Crippen LogP contribution in [0.5, 0.6) is 0 Å². The molecule has 0 radical (unpaired) electrons. The monoisotopic (exact) mass is 276 g/mol. The molecule has 2 aliphatic heterocycles. The Morgan fingerprint density at radius 1 is 1.10 bits per heavy atom. The van der Waals surface area contributed by atoms with Crippen LogP contribution in [0.25, 0.3) is 0 Å². The van der Waals surface area contributed by atoms with Gasteiger partial charge in [0.1, 0.15) is 18.0 Å². The first-order valence-electron chi connectivity index (χ1n) is 7.30. The summed E-state index contributed by atoms with van der Waals surface area (Å²) in [6.45, 7) is 6.95. The lowest BCUT2D eigenvalue weighted by Gasteiger charge is -2.48. The molecule has 2 saturated heterocycles. The number of rotatable bonds is 3. The summed E-state index contributed by atoms with van der Waals surface area (Å²) >= 11 is 0. The zero-order chi connectivity index (χ0) is 14.1. The average Bonchev–Trinajstić information content (AvgIpc) is 2.40. The van der Waals surface area contributed by atoms with E-state index in [0.717, 1.165) is 24.7 Å².